The van der Waals surface area contributed by atoms with Gasteiger partial charge >= 0.3 is 5.97 Å². The number of aliphatic carboxylic acids is 1. The third-order valence-corrected chi connectivity index (χ3v) is 2.53. The van der Waals surface area contributed by atoms with Gasteiger partial charge in [-0.2, -0.15) is 0 Å². The van der Waals surface area contributed by atoms with Crippen LogP contribution in [0.1, 0.15) is 26.2 Å². The number of nitrogens with one attached hydrogen (secondary N) is 1. The quantitative estimate of drug-likeness (QED) is 0.540. The molecule has 1 aliphatic carbocycles. The number of allylic oxidation sites excluding steroid dienone is 3. The van der Waals surface area contributed by atoms with Gasteiger partial charge in [0.15, 0.2) is 0 Å². The van der Waals surface area contributed by atoms with Crippen molar-refractivity contribution in [2.45, 2.75) is 31.7 Å². The van der Waals surface area contributed by atoms with Crippen molar-refractivity contribution < 1.29 is 14.7 Å². The van der Waals surface area contributed by atoms with E-state index in [4.69, 9.17) is 5.11 Å². The lowest BCUT2D eigenvalue weighted by Gasteiger charge is -2.37. The molecule has 4 heteroatoms. The Kier molecular flexibility index (Phi) is 3.66. The van der Waals surface area contributed by atoms with Crippen LogP contribution in [-0.2, 0) is 9.59 Å². The maximum absolute atomic E-state index is 11.3. The Morgan fingerprint density at radius 1 is 1.33 bits per heavy atom. The number of carbonyl (C=O) groups excluding carboxylic acids is 1. The van der Waals surface area contributed by atoms with Crippen molar-refractivity contribution >= 4 is 11.9 Å². The summed E-state index contributed by atoms with van der Waals surface area (Å²) in [7, 11) is 0. The number of amides is 1. The predicted molar refractivity (Wildman–Crippen MR) is 56.3 cm³/mol. The molecule has 0 unspecified atom stereocenters. The summed E-state index contributed by atoms with van der Waals surface area (Å²) in [5, 5.41) is 11.5. The van der Waals surface area contributed by atoms with E-state index in [1.807, 2.05) is 6.92 Å². The van der Waals surface area contributed by atoms with Gasteiger partial charge in [-0.3, -0.25) is 4.79 Å². The Morgan fingerprint density at radius 2 is 2.00 bits per heavy atom. The molecule has 0 spiro atoms. The number of hydrogen-bond donors (Lipinski definition) is 2. The summed E-state index contributed by atoms with van der Waals surface area (Å²) in [6.07, 6.45) is 8.32. The van der Waals surface area contributed by atoms with Crippen LogP contribution in [0.2, 0.25) is 0 Å². The lowest BCUT2D eigenvalue weighted by Crippen LogP contribution is -2.58. The standard InChI is InChI=1S/C11H15NO3/c1-2-3-4-6-9(13)12-11(10(14)15)7-5-8-11/h2-4,6H,5,7-8H2,1H3,(H,12,13)(H,14,15)/b3-2+,6-4?. The van der Waals surface area contributed by atoms with E-state index >= 15 is 0 Å². The van der Waals surface area contributed by atoms with E-state index < -0.39 is 11.5 Å². The average Bonchev–Trinajstić information content (AvgIpc) is 2.11. The van der Waals surface area contributed by atoms with Gasteiger partial charge in [-0.25, -0.2) is 4.79 Å². The molecule has 82 valence electrons. The van der Waals surface area contributed by atoms with Gasteiger partial charge in [0.25, 0.3) is 0 Å². The van der Waals surface area contributed by atoms with Gasteiger partial charge in [0.1, 0.15) is 5.54 Å². The second kappa shape index (κ2) is 4.77. The zero-order valence-electron chi connectivity index (χ0n) is 8.69. The van der Waals surface area contributed by atoms with Crippen LogP contribution < -0.4 is 5.32 Å². The molecular formula is C11H15NO3. The van der Waals surface area contributed by atoms with E-state index in [-0.39, 0.29) is 5.91 Å². The number of rotatable bonds is 4. The van der Waals surface area contributed by atoms with E-state index in [0.717, 1.165) is 6.42 Å². The van der Waals surface area contributed by atoms with E-state index in [2.05, 4.69) is 5.32 Å². The summed E-state index contributed by atoms with van der Waals surface area (Å²) < 4.78 is 0. The summed E-state index contributed by atoms with van der Waals surface area (Å²) in [5.41, 5.74) is -1.02. The van der Waals surface area contributed by atoms with E-state index in [1.54, 1.807) is 18.2 Å². The first-order valence-electron chi connectivity index (χ1n) is 4.95. The Morgan fingerprint density at radius 3 is 2.40 bits per heavy atom. The predicted octanol–water partition coefficient (Wildman–Crippen LogP) is 1.24. The van der Waals surface area contributed by atoms with E-state index in [0.29, 0.717) is 12.8 Å². The minimum Gasteiger partial charge on any atom is -0.480 e. The molecule has 0 bridgehead atoms. The monoisotopic (exact) mass is 209 g/mol. The summed E-state index contributed by atoms with van der Waals surface area (Å²) >= 11 is 0. The fourth-order valence-corrected chi connectivity index (χ4v) is 1.45. The topological polar surface area (TPSA) is 66.4 Å². The van der Waals surface area contributed by atoms with Crippen LogP contribution in [0.5, 0.6) is 0 Å². The van der Waals surface area contributed by atoms with E-state index in [9.17, 15) is 9.59 Å². The van der Waals surface area contributed by atoms with Crippen molar-refractivity contribution in [2.24, 2.45) is 0 Å². The van der Waals surface area contributed by atoms with Crippen LogP contribution in [0.3, 0.4) is 0 Å². The van der Waals surface area contributed by atoms with Gasteiger partial charge in [-0.1, -0.05) is 18.2 Å². The molecule has 1 aliphatic rings. The Balaban J connectivity index is 2.53. The SMILES string of the molecule is C/C=C/C=CC(=O)NC1(C(=O)O)CCC1. The molecule has 4 nitrogen and oxygen atoms in total. The van der Waals surface area contributed by atoms with Crippen molar-refractivity contribution in [2.75, 3.05) is 0 Å². The summed E-state index contributed by atoms with van der Waals surface area (Å²) in [6, 6.07) is 0. The molecular weight excluding hydrogens is 194 g/mol. The molecule has 1 fully saturated rings. The van der Waals surface area contributed by atoms with Crippen LogP contribution in [0.25, 0.3) is 0 Å². The number of carboxylic acids is 1. The minimum atomic E-state index is -1.02. The van der Waals surface area contributed by atoms with Crippen LogP contribution >= 0.6 is 0 Å². The summed E-state index contributed by atoms with van der Waals surface area (Å²) in [4.78, 5) is 22.3. The lowest BCUT2D eigenvalue weighted by molar-refractivity contribution is -0.151. The molecule has 0 atom stereocenters. The molecule has 0 saturated heterocycles. The molecule has 1 rings (SSSR count). The Hall–Kier alpha value is -1.58. The highest BCUT2D eigenvalue weighted by Gasteiger charge is 2.45. The molecule has 2 N–H and O–H groups in total. The van der Waals surface area contributed by atoms with Crippen LogP contribution in [0.15, 0.2) is 24.3 Å². The number of carbonyl (C=O) groups is 2. The molecule has 0 aromatic carbocycles. The highest BCUT2D eigenvalue weighted by Crippen LogP contribution is 2.31. The third-order valence-electron chi connectivity index (χ3n) is 2.53. The molecule has 15 heavy (non-hydrogen) atoms. The molecule has 0 aliphatic heterocycles. The zero-order valence-corrected chi connectivity index (χ0v) is 8.69. The average molecular weight is 209 g/mol. The molecule has 0 radical (unpaired) electrons. The van der Waals surface area contributed by atoms with Crippen molar-refractivity contribution in [1.29, 1.82) is 0 Å². The van der Waals surface area contributed by atoms with Crippen LogP contribution in [-0.4, -0.2) is 22.5 Å². The largest absolute Gasteiger partial charge is 0.480 e. The third kappa shape index (κ3) is 2.68. The molecule has 0 heterocycles. The van der Waals surface area contributed by atoms with Crippen molar-refractivity contribution in [3.05, 3.63) is 24.3 Å². The number of hydrogen-bond acceptors (Lipinski definition) is 2. The van der Waals surface area contributed by atoms with Gasteiger partial charge < -0.3 is 10.4 Å². The minimum absolute atomic E-state index is 0.352. The first kappa shape index (κ1) is 11.5. The van der Waals surface area contributed by atoms with Gasteiger partial charge in [0.05, 0.1) is 0 Å². The van der Waals surface area contributed by atoms with Gasteiger partial charge in [0.2, 0.25) is 5.91 Å². The lowest BCUT2D eigenvalue weighted by atomic mass is 9.77. The highest BCUT2D eigenvalue weighted by atomic mass is 16.4. The normalized spacial score (nSPS) is 19.0. The van der Waals surface area contributed by atoms with Crippen molar-refractivity contribution in [3.63, 3.8) is 0 Å². The van der Waals surface area contributed by atoms with Crippen LogP contribution in [0.4, 0.5) is 0 Å². The molecule has 0 aromatic rings. The second-order valence-electron chi connectivity index (χ2n) is 3.61. The number of carboxylic acid groups (broad SMARTS) is 1. The van der Waals surface area contributed by atoms with Crippen molar-refractivity contribution in [1.82, 2.24) is 5.32 Å². The first-order valence-corrected chi connectivity index (χ1v) is 4.95. The first-order chi connectivity index (χ1) is 7.10. The Labute approximate surface area is 88.7 Å². The zero-order chi connectivity index (χ0) is 11.3. The fraction of sp³-hybridized carbons (Fsp3) is 0.455. The molecule has 0 aromatic heterocycles. The van der Waals surface area contributed by atoms with Gasteiger partial charge in [-0.05, 0) is 26.2 Å². The van der Waals surface area contributed by atoms with Crippen molar-refractivity contribution in [3.8, 4) is 0 Å². The Bertz CT molecular complexity index is 314. The molecule has 1 saturated carbocycles. The maximum atomic E-state index is 11.3. The summed E-state index contributed by atoms with van der Waals surface area (Å²) in [6.45, 7) is 1.84. The van der Waals surface area contributed by atoms with E-state index in [1.165, 1.54) is 6.08 Å². The van der Waals surface area contributed by atoms with Gasteiger partial charge in [0, 0.05) is 6.08 Å². The smallest absolute Gasteiger partial charge is 0.329 e. The van der Waals surface area contributed by atoms with Crippen LogP contribution in [0, 0.1) is 0 Å². The van der Waals surface area contributed by atoms with Gasteiger partial charge in [-0.15, -0.1) is 0 Å². The fourth-order valence-electron chi connectivity index (χ4n) is 1.45. The highest BCUT2D eigenvalue weighted by molar-refractivity contribution is 5.93. The molecule has 1 amide bonds. The maximum Gasteiger partial charge on any atom is 0.329 e. The second-order valence-corrected chi connectivity index (χ2v) is 3.61. The summed E-state index contributed by atoms with van der Waals surface area (Å²) in [5.74, 6) is -1.29.